The lowest BCUT2D eigenvalue weighted by atomic mass is 9.96. The largest absolute Gasteiger partial charge is 0.388 e. The summed E-state index contributed by atoms with van der Waals surface area (Å²) in [5.41, 5.74) is 4.54. The molecule has 5 nitrogen and oxygen atoms in total. The summed E-state index contributed by atoms with van der Waals surface area (Å²) < 4.78 is 19.6. The standard InChI is InChI=1S/C23H24FN3O2/c1-14-20(22(26-29-14)15-7-5-4-6-8-15)23-21(19(28)11-12-27(2)3)17-13-16(24)9-10-18(17)25-23/h4-10,13,19,25,28H,11-12H2,1-3H3. The van der Waals surface area contributed by atoms with Gasteiger partial charge in [0.2, 0.25) is 0 Å². The fraction of sp³-hybridized carbons (Fsp3) is 0.261. The first-order chi connectivity index (χ1) is 14.0. The van der Waals surface area contributed by atoms with Crippen LogP contribution in [-0.4, -0.2) is 40.8 Å². The normalized spacial score (nSPS) is 12.8. The molecule has 2 aromatic heterocycles. The molecule has 6 heteroatoms. The van der Waals surface area contributed by atoms with Crippen molar-refractivity contribution in [3.05, 3.63) is 65.7 Å². The van der Waals surface area contributed by atoms with Crippen molar-refractivity contribution < 1.29 is 14.0 Å². The van der Waals surface area contributed by atoms with E-state index in [4.69, 9.17) is 4.52 Å². The SMILES string of the molecule is Cc1onc(-c2ccccc2)c1-c1[nH]c2ccc(F)cc2c1C(O)CCN(C)C. The molecule has 1 atom stereocenters. The lowest BCUT2D eigenvalue weighted by molar-refractivity contribution is 0.156. The molecule has 1 unspecified atom stereocenters. The number of hydrogen-bond acceptors (Lipinski definition) is 4. The van der Waals surface area contributed by atoms with E-state index < -0.39 is 6.10 Å². The molecular weight excluding hydrogens is 369 g/mol. The van der Waals surface area contributed by atoms with Crippen LogP contribution in [-0.2, 0) is 0 Å². The van der Waals surface area contributed by atoms with Crippen LogP contribution >= 0.6 is 0 Å². The minimum atomic E-state index is -0.763. The minimum absolute atomic E-state index is 0.338. The molecular formula is C23H24FN3O2. The van der Waals surface area contributed by atoms with E-state index in [0.29, 0.717) is 35.4 Å². The minimum Gasteiger partial charge on any atom is -0.388 e. The van der Waals surface area contributed by atoms with E-state index in [1.165, 1.54) is 12.1 Å². The second-order valence-corrected chi connectivity index (χ2v) is 7.54. The Morgan fingerprint density at radius 3 is 2.66 bits per heavy atom. The van der Waals surface area contributed by atoms with Gasteiger partial charge in [-0.1, -0.05) is 35.5 Å². The molecule has 2 N–H and O–H groups in total. The van der Waals surface area contributed by atoms with E-state index in [1.807, 2.05) is 56.3 Å². The summed E-state index contributed by atoms with van der Waals surface area (Å²) in [6, 6.07) is 14.3. The molecule has 0 aliphatic rings. The lowest BCUT2D eigenvalue weighted by Gasteiger charge is -2.16. The van der Waals surface area contributed by atoms with Crippen molar-refractivity contribution in [2.75, 3.05) is 20.6 Å². The van der Waals surface area contributed by atoms with Crippen LogP contribution in [0.2, 0.25) is 0 Å². The highest BCUT2D eigenvalue weighted by atomic mass is 19.1. The van der Waals surface area contributed by atoms with Crippen LogP contribution in [0.1, 0.15) is 23.8 Å². The van der Waals surface area contributed by atoms with Gasteiger partial charge in [-0.2, -0.15) is 0 Å². The molecule has 0 radical (unpaired) electrons. The number of hydrogen-bond donors (Lipinski definition) is 2. The van der Waals surface area contributed by atoms with E-state index in [1.54, 1.807) is 6.07 Å². The maximum Gasteiger partial charge on any atom is 0.143 e. The third kappa shape index (κ3) is 3.69. The molecule has 0 spiro atoms. The molecule has 2 aromatic carbocycles. The first-order valence-electron chi connectivity index (χ1n) is 9.61. The van der Waals surface area contributed by atoms with Gasteiger partial charge in [0, 0.05) is 28.6 Å². The maximum absolute atomic E-state index is 14.0. The van der Waals surface area contributed by atoms with Crippen LogP contribution in [0.15, 0.2) is 53.1 Å². The average Bonchev–Trinajstić information content (AvgIpc) is 3.26. The molecule has 0 amide bonds. The van der Waals surface area contributed by atoms with Crippen molar-refractivity contribution in [3.63, 3.8) is 0 Å². The number of H-pyrrole nitrogens is 1. The fourth-order valence-corrected chi connectivity index (χ4v) is 3.71. The molecule has 0 fully saturated rings. The number of aromatic nitrogens is 2. The fourth-order valence-electron chi connectivity index (χ4n) is 3.71. The van der Waals surface area contributed by atoms with E-state index in [0.717, 1.165) is 22.3 Å². The average molecular weight is 393 g/mol. The number of nitrogens with one attached hydrogen (secondary N) is 1. The zero-order valence-electron chi connectivity index (χ0n) is 16.7. The van der Waals surface area contributed by atoms with Crippen LogP contribution in [0.5, 0.6) is 0 Å². The van der Waals surface area contributed by atoms with E-state index in [2.05, 4.69) is 10.1 Å². The van der Waals surface area contributed by atoms with Crippen LogP contribution in [0, 0.1) is 12.7 Å². The predicted molar refractivity (Wildman–Crippen MR) is 112 cm³/mol. The summed E-state index contributed by atoms with van der Waals surface area (Å²) in [7, 11) is 3.92. The van der Waals surface area contributed by atoms with Gasteiger partial charge in [0.05, 0.1) is 17.4 Å². The Labute approximate surface area is 168 Å². The van der Waals surface area contributed by atoms with E-state index in [-0.39, 0.29) is 5.82 Å². The molecule has 150 valence electrons. The summed E-state index contributed by atoms with van der Waals surface area (Å²) in [6.07, 6.45) is -0.241. The monoisotopic (exact) mass is 393 g/mol. The van der Waals surface area contributed by atoms with Crippen LogP contribution in [0.25, 0.3) is 33.4 Å². The molecule has 0 bridgehead atoms. The van der Waals surface area contributed by atoms with Crippen molar-refractivity contribution in [2.45, 2.75) is 19.4 Å². The van der Waals surface area contributed by atoms with Gasteiger partial charge in [-0.05, 0) is 45.6 Å². The van der Waals surface area contributed by atoms with Crippen LogP contribution in [0.3, 0.4) is 0 Å². The smallest absolute Gasteiger partial charge is 0.143 e. The van der Waals surface area contributed by atoms with Crippen LogP contribution < -0.4 is 0 Å². The first-order valence-corrected chi connectivity index (χ1v) is 9.61. The molecule has 4 aromatic rings. The van der Waals surface area contributed by atoms with Gasteiger partial charge in [0.25, 0.3) is 0 Å². The Morgan fingerprint density at radius 1 is 1.17 bits per heavy atom. The third-order valence-electron chi connectivity index (χ3n) is 5.14. The highest BCUT2D eigenvalue weighted by molar-refractivity contribution is 5.94. The van der Waals surface area contributed by atoms with Crippen molar-refractivity contribution in [1.82, 2.24) is 15.0 Å². The first kappa shape index (κ1) is 19.4. The second-order valence-electron chi connectivity index (χ2n) is 7.54. The Hall–Kier alpha value is -2.96. The van der Waals surface area contributed by atoms with Crippen molar-refractivity contribution in [1.29, 1.82) is 0 Å². The zero-order valence-corrected chi connectivity index (χ0v) is 16.7. The molecule has 0 saturated carbocycles. The number of aromatic amines is 1. The van der Waals surface area contributed by atoms with Gasteiger partial charge in [-0.3, -0.25) is 0 Å². The molecule has 0 saturated heterocycles. The zero-order chi connectivity index (χ0) is 20.5. The summed E-state index contributed by atoms with van der Waals surface area (Å²) in [5.74, 6) is 0.298. The van der Waals surface area contributed by atoms with Gasteiger partial charge < -0.3 is 19.5 Å². The third-order valence-corrected chi connectivity index (χ3v) is 5.14. The van der Waals surface area contributed by atoms with Crippen molar-refractivity contribution >= 4 is 10.9 Å². The van der Waals surface area contributed by atoms with E-state index in [9.17, 15) is 9.50 Å². The Kier molecular flexibility index (Phi) is 5.22. The predicted octanol–water partition coefficient (Wildman–Crippen LogP) is 4.92. The quantitative estimate of drug-likeness (QED) is 0.488. The number of halogens is 1. The van der Waals surface area contributed by atoms with Gasteiger partial charge in [-0.25, -0.2) is 4.39 Å². The van der Waals surface area contributed by atoms with Gasteiger partial charge >= 0.3 is 0 Å². The van der Waals surface area contributed by atoms with Crippen LogP contribution in [0.4, 0.5) is 4.39 Å². The number of nitrogens with zero attached hydrogens (tertiary/aromatic N) is 2. The summed E-state index contributed by atoms with van der Waals surface area (Å²) in [4.78, 5) is 5.39. The molecule has 4 rings (SSSR count). The molecule has 29 heavy (non-hydrogen) atoms. The van der Waals surface area contributed by atoms with Gasteiger partial charge in [0.1, 0.15) is 17.3 Å². The summed E-state index contributed by atoms with van der Waals surface area (Å²) in [5, 5.41) is 16.0. The summed E-state index contributed by atoms with van der Waals surface area (Å²) in [6.45, 7) is 2.55. The number of aliphatic hydroxyl groups excluding tert-OH is 1. The van der Waals surface area contributed by atoms with E-state index >= 15 is 0 Å². The number of aliphatic hydroxyl groups is 1. The summed E-state index contributed by atoms with van der Waals surface area (Å²) >= 11 is 0. The Bertz CT molecular complexity index is 1130. The highest BCUT2D eigenvalue weighted by Crippen LogP contribution is 2.41. The number of aryl methyl sites for hydroxylation is 1. The van der Waals surface area contributed by atoms with Gasteiger partial charge in [-0.15, -0.1) is 0 Å². The Balaban J connectivity index is 1.93. The van der Waals surface area contributed by atoms with Gasteiger partial charge in [0.15, 0.2) is 0 Å². The number of fused-ring (bicyclic) bond motifs is 1. The number of rotatable bonds is 6. The molecule has 2 heterocycles. The van der Waals surface area contributed by atoms with Crippen molar-refractivity contribution in [2.24, 2.45) is 0 Å². The number of benzene rings is 2. The van der Waals surface area contributed by atoms with Crippen molar-refractivity contribution in [3.8, 4) is 22.5 Å². The Morgan fingerprint density at radius 2 is 1.93 bits per heavy atom. The molecule has 0 aliphatic heterocycles. The highest BCUT2D eigenvalue weighted by Gasteiger charge is 2.26. The molecule has 0 aliphatic carbocycles. The lowest BCUT2D eigenvalue weighted by Crippen LogP contribution is -2.16. The second kappa shape index (κ2) is 7.81. The maximum atomic E-state index is 14.0. The topological polar surface area (TPSA) is 65.3 Å².